The van der Waals surface area contributed by atoms with Crippen LogP contribution in [0.2, 0.25) is 0 Å². The summed E-state index contributed by atoms with van der Waals surface area (Å²) >= 11 is 0. The molecule has 2 rings (SSSR count). The van der Waals surface area contributed by atoms with Gasteiger partial charge in [-0.05, 0) is 31.9 Å². The second-order valence-corrected chi connectivity index (χ2v) is 5.28. The van der Waals surface area contributed by atoms with Gasteiger partial charge in [-0.2, -0.15) is 0 Å². The molecule has 0 radical (unpaired) electrons. The van der Waals surface area contributed by atoms with E-state index >= 15 is 0 Å². The van der Waals surface area contributed by atoms with E-state index in [0.717, 1.165) is 25.7 Å². The molecule has 0 fully saturated rings. The van der Waals surface area contributed by atoms with Gasteiger partial charge in [-0.15, -0.1) is 0 Å². The molecule has 1 aromatic carbocycles. The molecule has 22 heavy (non-hydrogen) atoms. The zero-order valence-electron chi connectivity index (χ0n) is 12.8. The molecule has 5 heteroatoms. The quantitative estimate of drug-likeness (QED) is 0.421. The lowest BCUT2D eigenvalue weighted by Crippen LogP contribution is -2.30. The number of rotatable bonds is 8. The Morgan fingerprint density at radius 1 is 1.00 bits per heavy atom. The number of nitrogens with zero attached hydrogens (tertiary/aromatic N) is 1. The van der Waals surface area contributed by atoms with Crippen LogP contribution in [0.15, 0.2) is 24.3 Å². The lowest BCUT2D eigenvalue weighted by atomic mass is 10.1. The van der Waals surface area contributed by atoms with Gasteiger partial charge in [0.1, 0.15) is 0 Å². The van der Waals surface area contributed by atoms with Gasteiger partial charge in [-0.1, -0.05) is 25.0 Å². The Balaban J connectivity index is 1.70. The number of ether oxygens (including phenoxy) is 1. The molecule has 0 saturated heterocycles. The minimum Gasteiger partial charge on any atom is -0.466 e. The molecule has 0 aliphatic carbocycles. The van der Waals surface area contributed by atoms with Gasteiger partial charge in [0.05, 0.1) is 17.7 Å². The van der Waals surface area contributed by atoms with E-state index in [1.54, 1.807) is 31.2 Å². The molecule has 1 aliphatic rings. The SMILES string of the molecule is CCOC(=O)CCCCCCN1C(=O)c2ccccc2C1=O. The number of amides is 2. The molecular weight excluding hydrogens is 282 g/mol. The van der Waals surface area contributed by atoms with Crippen molar-refractivity contribution in [2.24, 2.45) is 0 Å². The van der Waals surface area contributed by atoms with Crippen molar-refractivity contribution in [3.63, 3.8) is 0 Å². The number of carbonyl (C=O) groups excluding carboxylic acids is 3. The molecular formula is C17H21NO4. The third kappa shape index (κ3) is 3.72. The van der Waals surface area contributed by atoms with Crippen LogP contribution in [0.4, 0.5) is 0 Å². The molecule has 118 valence electrons. The average molecular weight is 303 g/mol. The molecule has 0 aromatic heterocycles. The third-order valence-corrected chi connectivity index (χ3v) is 3.70. The molecule has 1 aromatic rings. The van der Waals surface area contributed by atoms with Gasteiger partial charge in [-0.25, -0.2) is 0 Å². The van der Waals surface area contributed by atoms with Crippen molar-refractivity contribution in [2.75, 3.05) is 13.2 Å². The zero-order valence-corrected chi connectivity index (χ0v) is 12.8. The van der Waals surface area contributed by atoms with E-state index in [-0.39, 0.29) is 17.8 Å². The van der Waals surface area contributed by atoms with Gasteiger partial charge in [-0.3, -0.25) is 19.3 Å². The number of carbonyl (C=O) groups is 3. The van der Waals surface area contributed by atoms with E-state index in [2.05, 4.69) is 0 Å². The van der Waals surface area contributed by atoms with Gasteiger partial charge in [0.2, 0.25) is 0 Å². The highest BCUT2D eigenvalue weighted by Crippen LogP contribution is 2.22. The fourth-order valence-corrected chi connectivity index (χ4v) is 2.57. The second-order valence-electron chi connectivity index (χ2n) is 5.28. The summed E-state index contributed by atoms with van der Waals surface area (Å²) in [5.41, 5.74) is 0.990. The summed E-state index contributed by atoms with van der Waals surface area (Å²) in [6, 6.07) is 6.91. The number of fused-ring (bicyclic) bond motifs is 1. The number of benzene rings is 1. The second kappa shape index (κ2) is 7.73. The number of imide groups is 1. The number of hydrogen-bond donors (Lipinski definition) is 0. The van der Waals surface area contributed by atoms with Crippen LogP contribution in [0.5, 0.6) is 0 Å². The fraction of sp³-hybridized carbons (Fsp3) is 0.471. The third-order valence-electron chi connectivity index (χ3n) is 3.70. The van der Waals surface area contributed by atoms with Gasteiger partial charge < -0.3 is 4.74 Å². The molecule has 0 atom stereocenters. The van der Waals surface area contributed by atoms with Gasteiger partial charge in [0, 0.05) is 13.0 Å². The normalized spacial score (nSPS) is 13.4. The molecule has 0 spiro atoms. The van der Waals surface area contributed by atoms with Crippen molar-refractivity contribution in [2.45, 2.75) is 39.0 Å². The predicted octanol–water partition coefficient (Wildman–Crippen LogP) is 2.80. The van der Waals surface area contributed by atoms with Crippen LogP contribution in [-0.4, -0.2) is 35.8 Å². The van der Waals surface area contributed by atoms with Crippen LogP contribution >= 0.6 is 0 Å². The molecule has 0 bridgehead atoms. The molecule has 1 heterocycles. The van der Waals surface area contributed by atoms with Crippen LogP contribution in [-0.2, 0) is 9.53 Å². The van der Waals surface area contributed by atoms with Crippen LogP contribution in [0.1, 0.15) is 59.7 Å². The largest absolute Gasteiger partial charge is 0.466 e. The van der Waals surface area contributed by atoms with Crippen molar-refractivity contribution >= 4 is 17.8 Å². The van der Waals surface area contributed by atoms with Crippen molar-refractivity contribution in [1.82, 2.24) is 4.90 Å². The first-order valence-corrected chi connectivity index (χ1v) is 7.76. The topological polar surface area (TPSA) is 63.7 Å². The highest BCUT2D eigenvalue weighted by Gasteiger charge is 2.34. The van der Waals surface area contributed by atoms with Crippen LogP contribution in [0, 0.1) is 0 Å². The van der Waals surface area contributed by atoms with Gasteiger partial charge >= 0.3 is 5.97 Å². The standard InChI is InChI=1S/C17H21NO4/c1-2-22-15(19)11-5-3-4-8-12-18-16(20)13-9-6-7-10-14(13)17(18)21/h6-7,9-10H,2-5,8,11-12H2,1H3. The Morgan fingerprint density at radius 3 is 2.18 bits per heavy atom. The summed E-state index contributed by atoms with van der Waals surface area (Å²) in [6.45, 7) is 2.64. The predicted molar refractivity (Wildman–Crippen MR) is 81.5 cm³/mol. The van der Waals surface area contributed by atoms with E-state index in [1.165, 1.54) is 4.90 Å². The fourth-order valence-electron chi connectivity index (χ4n) is 2.57. The van der Waals surface area contributed by atoms with E-state index in [4.69, 9.17) is 4.74 Å². The maximum atomic E-state index is 12.1. The van der Waals surface area contributed by atoms with E-state index in [1.807, 2.05) is 0 Å². The lowest BCUT2D eigenvalue weighted by Gasteiger charge is -2.13. The Kier molecular flexibility index (Phi) is 5.69. The monoisotopic (exact) mass is 303 g/mol. The summed E-state index contributed by atoms with van der Waals surface area (Å²) in [6.07, 6.45) is 3.74. The van der Waals surface area contributed by atoms with Crippen molar-refractivity contribution in [1.29, 1.82) is 0 Å². The molecule has 0 unspecified atom stereocenters. The molecule has 0 saturated carbocycles. The summed E-state index contributed by atoms with van der Waals surface area (Å²) in [5.74, 6) is -0.568. The molecule has 5 nitrogen and oxygen atoms in total. The van der Waals surface area contributed by atoms with Crippen molar-refractivity contribution in [3.05, 3.63) is 35.4 Å². The Hall–Kier alpha value is -2.17. The summed E-state index contributed by atoms with van der Waals surface area (Å²) < 4.78 is 4.86. The minimum absolute atomic E-state index is 0.164. The maximum Gasteiger partial charge on any atom is 0.305 e. The highest BCUT2D eigenvalue weighted by molar-refractivity contribution is 6.21. The van der Waals surface area contributed by atoms with Gasteiger partial charge in [0.15, 0.2) is 0 Å². The van der Waals surface area contributed by atoms with Crippen LogP contribution < -0.4 is 0 Å². The minimum atomic E-state index is -0.202. The number of hydrogen-bond acceptors (Lipinski definition) is 4. The number of esters is 1. The zero-order chi connectivity index (χ0) is 15.9. The maximum absolute atomic E-state index is 12.1. The first-order chi connectivity index (χ1) is 10.6. The van der Waals surface area contributed by atoms with E-state index in [0.29, 0.717) is 30.7 Å². The summed E-state index contributed by atoms with van der Waals surface area (Å²) in [5, 5.41) is 0. The van der Waals surface area contributed by atoms with Gasteiger partial charge in [0.25, 0.3) is 11.8 Å². The first-order valence-electron chi connectivity index (χ1n) is 7.76. The Morgan fingerprint density at radius 2 is 1.59 bits per heavy atom. The molecule has 2 amide bonds. The van der Waals surface area contributed by atoms with Crippen molar-refractivity contribution in [3.8, 4) is 0 Å². The smallest absolute Gasteiger partial charge is 0.305 e. The summed E-state index contributed by atoms with van der Waals surface area (Å²) in [7, 11) is 0. The molecule has 1 aliphatic heterocycles. The first kappa shape index (κ1) is 16.2. The number of unbranched alkanes of at least 4 members (excludes halogenated alkanes) is 3. The van der Waals surface area contributed by atoms with Crippen LogP contribution in [0.25, 0.3) is 0 Å². The molecule has 0 N–H and O–H groups in total. The van der Waals surface area contributed by atoms with E-state index < -0.39 is 0 Å². The lowest BCUT2D eigenvalue weighted by molar-refractivity contribution is -0.143. The van der Waals surface area contributed by atoms with Crippen LogP contribution in [0.3, 0.4) is 0 Å². The Labute approximate surface area is 130 Å². The summed E-state index contributed by atoms with van der Waals surface area (Å²) in [4.78, 5) is 36.8. The highest BCUT2D eigenvalue weighted by atomic mass is 16.5. The Bertz CT molecular complexity index is 533. The average Bonchev–Trinajstić information content (AvgIpc) is 2.76. The van der Waals surface area contributed by atoms with E-state index in [9.17, 15) is 14.4 Å². The van der Waals surface area contributed by atoms with Crippen molar-refractivity contribution < 1.29 is 19.1 Å².